The molecule has 2 fully saturated rings. The maximum absolute atomic E-state index is 11.9. The second-order valence-electron chi connectivity index (χ2n) is 6.11. The number of rotatable bonds is 8. The van der Waals surface area contributed by atoms with E-state index in [0.29, 0.717) is 0 Å². The molecule has 6 atom stereocenters. The smallest absolute Gasteiger partial charge is 0.385 e. The summed E-state index contributed by atoms with van der Waals surface area (Å²) in [7, 11) is -16.7. The second-order valence-corrected chi connectivity index (χ2v) is 10.5. The summed E-state index contributed by atoms with van der Waals surface area (Å²) in [6, 6.07) is 0.983. The molecule has 3 unspecified atom stereocenters. The lowest BCUT2D eigenvalue weighted by Crippen LogP contribution is -2.40. The van der Waals surface area contributed by atoms with Crippen molar-refractivity contribution < 1.29 is 61.0 Å². The van der Waals surface area contributed by atoms with Gasteiger partial charge >= 0.3 is 29.2 Å². The highest BCUT2D eigenvalue weighted by molar-refractivity contribution is 7.66. The predicted octanol–water partition coefficient (Wildman–Crippen LogP) is -2.09. The van der Waals surface area contributed by atoms with Crippen LogP contribution in [0.4, 0.5) is 0 Å². The molecule has 1 spiro atoms. The van der Waals surface area contributed by atoms with Crippen LogP contribution in [0.25, 0.3) is 0 Å². The number of aliphatic hydroxyl groups excluding tert-OH is 1. The number of nitrogens with one attached hydrogen (secondary N) is 1. The van der Waals surface area contributed by atoms with E-state index in [1.54, 1.807) is 0 Å². The van der Waals surface area contributed by atoms with Gasteiger partial charge in [0.25, 0.3) is 5.56 Å². The van der Waals surface area contributed by atoms with Gasteiger partial charge in [0.15, 0.2) is 11.8 Å². The first-order chi connectivity index (χ1) is 13.6. The molecule has 2 saturated heterocycles. The van der Waals surface area contributed by atoms with Crippen LogP contribution in [0.2, 0.25) is 0 Å². The van der Waals surface area contributed by atoms with Crippen LogP contribution in [-0.2, 0) is 36.3 Å². The van der Waals surface area contributed by atoms with Crippen LogP contribution < -0.4 is 11.2 Å². The van der Waals surface area contributed by atoms with Crippen LogP contribution in [0.1, 0.15) is 6.23 Å². The molecular weight excluding hydrogens is 481 g/mol. The highest BCUT2D eigenvalue weighted by Gasteiger charge is 2.66. The molecule has 20 heteroatoms. The molecule has 1 aromatic rings. The minimum Gasteiger partial charge on any atom is -0.385 e. The summed E-state index contributed by atoms with van der Waals surface area (Å²) in [5.41, 5.74) is -3.08. The lowest BCUT2D eigenvalue weighted by atomic mass is 9.99. The molecule has 3 rings (SSSR count). The Hall–Kier alpha value is -1.03. The normalized spacial score (nSPS) is 32.6. The van der Waals surface area contributed by atoms with E-state index >= 15 is 0 Å². The van der Waals surface area contributed by atoms with Gasteiger partial charge in [-0.2, -0.15) is 8.62 Å². The predicted molar refractivity (Wildman–Crippen MR) is 89.7 cm³/mol. The number of aromatic nitrogens is 2. The molecule has 0 bridgehead atoms. The van der Waals surface area contributed by atoms with Crippen LogP contribution in [0.15, 0.2) is 21.9 Å². The van der Waals surface area contributed by atoms with E-state index in [0.717, 1.165) is 16.8 Å². The van der Waals surface area contributed by atoms with Crippen molar-refractivity contribution in [2.24, 2.45) is 0 Å². The average Bonchev–Trinajstić information content (AvgIpc) is 3.28. The maximum Gasteiger partial charge on any atom is 0.490 e. The first kappa shape index (κ1) is 23.6. The second kappa shape index (κ2) is 7.83. The molecular formula is C10H15N2O15P3. The van der Waals surface area contributed by atoms with Crippen LogP contribution >= 0.6 is 23.5 Å². The van der Waals surface area contributed by atoms with Gasteiger partial charge in [-0.25, -0.2) is 18.5 Å². The van der Waals surface area contributed by atoms with Crippen LogP contribution in [0.5, 0.6) is 0 Å². The molecule has 0 radical (unpaired) electrons. The molecule has 0 aliphatic carbocycles. The summed E-state index contributed by atoms with van der Waals surface area (Å²) in [5, 5.41) is 10.4. The van der Waals surface area contributed by atoms with E-state index in [4.69, 9.17) is 24.2 Å². The van der Waals surface area contributed by atoms with Gasteiger partial charge in [-0.15, -0.1) is 0 Å². The Morgan fingerprint density at radius 1 is 1.17 bits per heavy atom. The monoisotopic (exact) mass is 496 g/mol. The molecule has 170 valence electrons. The van der Waals surface area contributed by atoms with Crippen molar-refractivity contribution >= 4 is 23.5 Å². The number of H-pyrrole nitrogens is 1. The lowest BCUT2D eigenvalue weighted by molar-refractivity contribution is -0.0531. The Bertz CT molecular complexity index is 1070. The van der Waals surface area contributed by atoms with Crippen molar-refractivity contribution in [3.05, 3.63) is 33.1 Å². The Labute approximate surface area is 165 Å². The molecule has 0 saturated carbocycles. The number of phosphoric ester groups is 1. The average molecular weight is 496 g/mol. The minimum atomic E-state index is -5.70. The standard InChI is InChI=1S/C10H15N2O15P3/c13-6-1-2-12(9(15)11-6)8-7(14)10(4-23-10)5(25-8)3-24-29(19,20)27-30(21,22)26-28(16,17)18/h1-2,5,7-8,14H,3-4H2,(H,19,20)(H,21,22)(H,11,13,15)(H2,16,17,18)/t5-,7+,8-,10?/m1/s1. The molecule has 0 aromatic carbocycles. The van der Waals surface area contributed by atoms with Crippen molar-refractivity contribution in [2.45, 2.75) is 24.0 Å². The van der Waals surface area contributed by atoms with Crippen molar-refractivity contribution in [2.75, 3.05) is 13.2 Å². The summed E-state index contributed by atoms with van der Waals surface area (Å²) < 4.78 is 56.8. The molecule has 2 aliphatic heterocycles. The SMILES string of the molecule is O=c1ccn([C@@H]2O[C@H](COP(=O)(O)OP(=O)(O)OP(=O)(O)O)C3(CO3)[C@H]2O)c(=O)[nH]1. The molecule has 30 heavy (non-hydrogen) atoms. The summed E-state index contributed by atoms with van der Waals surface area (Å²) in [5.74, 6) is 0. The van der Waals surface area contributed by atoms with Crippen LogP contribution in [0.3, 0.4) is 0 Å². The zero-order valence-corrected chi connectivity index (χ0v) is 17.1. The Morgan fingerprint density at radius 3 is 2.33 bits per heavy atom. The number of epoxide rings is 1. The van der Waals surface area contributed by atoms with Crippen molar-refractivity contribution in [3.8, 4) is 0 Å². The molecule has 2 aliphatic rings. The maximum atomic E-state index is 11.9. The summed E-state index contributed by atoms with van der Waals surface area (Å²) in [6.45, 7) is -0.984. The van der Waals surface area contributed by atoms with Crippen LogP contribution in [-0.4, -0.2) is 65.3 Å². The van der Waals surface area contributed by atoms with E-state index < -0.39 is 65.4 Å². The highest BCUT2D eigenvalue weighted by Crippen LogP contribution is 2.66. The largest absolute Gasteiger partial charge is 0.490 e. The van der Waals surface area contributed by atoms with Crippen LogP contribution in [0, 0.1) is 0 Å². The van der Waals surface area contributed by atoms with Gasteiger partial charge < -0.3 is 34.2 Å². The van der Waals surface area contributed by atoms with Crippen molar-refractivity contribution in [3.63, 3.8) is 0 Å². The van der Waals surface area contributed by atoms with Gasteiger partial charge in [-0.1, -0.05) is 0 Å². The number of aliphatic hydroxyl groups is 1. The summed E-state index contributed by atoms with van der Waals surface area (Å²) in [4.78, 5) is 60.6. The van der Waals surface area contributed by atoms with Gasteiger partial charge in [0, 0.05) is 12.3 Å². The quantitative estimate of drug-likeness (QED) is 0.166. The van der Waals surface area contributed by atoms with E-state index in [1.807, 2.05) is 4.98 Å². The third-order valence-corrected chi connectivity index (χ3v) is 7.83. The third-order valence-electron chi connectivity index (χ3n) is 4.03. The Balaban J connectivity index is 1.70. The first-order valence-electron chi connectivity index (χ1n) is 7.71. The topological polar surface area (TPSA) is 257 Å². The Morgan fingerprint density at radius 2 is 1.80 bits per heavy atom. The van der Waals surface area contributed by atoms with E-state index in [1.165, 1.54) is 0 Å². The molecule has 0 amide bonds. The zero-order valence-electron chi connectivity index (χ0n) is 14.4. The fourth-order valence-electron chi connectivity index (χ4n) is 2.72. The molecule has 1 aromatic heterocycles. The van der Waals surface area contributed by atoms with Crippen molar-refractivity contribution in [1.82, 2.24) is 9.55 Å². The zero-order chi connectivity index (χ0) is 22.5. The molecule has 6 N–H and O–H groups in total. The number of nitrogens with zero attached hydrogens (tertiary/aromatic N) is 1. The summed E-state index contributed by atoms with van der Waals surface area (Å²) in [6.07, 6.45) is -3.11. The number of hydrogen-bond acceptors (Lipinski definition) is 11. The van der Waals surface area contributed by atoms with Gasteiger partial charge in [-0.3, -0.25) is 18.9 Å². The number of phosphoric acid groups is 3. The fourth-order valence-corrected chi connectivity index (χ4v) is 5.74. The Kier molecular flexibility index (Phi) is 6.17. The third kappa shape index (κ3) is 5.23. The van der Waals surface area contributed by atoms with Crippen molar-refractivity contribution in [1.29, 1.82) is 0 Å². The number of hydrogen-bond donors (Lipinski definition) is 6. The van der Waals surface area contributed by atoms with E-state index in [-0.39, 0.29) is 6.61 Å². The fraction of sp³-hybridized carbons (Fsp3) is 0.600. The van der Waals surface area contributed by atoms with Gasteiger partial charge in [0.2, 0.25) is 0 Å². The molecule has 17 nitrogen and oxygen atoms in total. The van der Waals surface area contributed by atoms with E-state index in [2.05, 4.69) is 13.1 Å². The molecule has 3 heterocycles. The van der Waals surface area contributed by atoms with Gasteiger partial charge in [0.05, 0.1) is 13.2 Å². The summed E-state index contributed by atoms with van der Waals surface area (Å²) >= 11 is 0. The number of aromatic amines is 1. The highest BCUT2D eigenvalue weighted by atomic mass is 31.3. The lowest BCUT2D eigenvalue weighted by Gasteiger charge is -2.19. The first-order valence-corrected chi connectivity index (χ1v) is 12.2. The minimum absolute atomic E-state index is 0.104. The van der Waals surface area contributed by atoms with E-state index in [9.17, 15) is 33.3 Å². The van der Waals surface area contributed by atoms with Gasteiger partial charge in [-0.05, 0) is 0 Å². The number of ether oxygens (including phenoxy) is 2. The van der Waals surface area contributed by atoms with Gasteiger partial charge in [0.1, 0.15) is 12.2 Å².